The van der Waals surface area contributed by atoms with Gasteiger partial charge in [-0.1, -0.05) is 13.3 Å². The molecule has 7 nitrogen and oxygen atoms in total. The third-order valence-corrected chi connectivity index (χ3v) is 8.04. The smallest absolute Gasteiger partial charge is 0.410 e. The van der Waals surface area contributed by atoms with Crippen molar-refractivity contribution >= 4 is 47.6 Å². The van der Waals surface area contributed by atoms with E-state index in [4.69, 9.17) is 4.74 Å². The van der Waals surface area contributed by atoms with Crippen LogP contribution in [0.25, 0.3) is 10.9 Å². The molecule has 36 heavy (non-hydrogen) atoms. The standard InChI is InChI=1S/C26H31FN4O3S.H2S/c1-2-23(34-26(33)31-12-8-18(9-13-31)30-10-4-3-5-11-30)22-16-35-25(29-22)24(32)20-15-28-21-14-17(27)6-7-19(20)21;/h6-7,14-16,18,23,28H,2-5,8-13H2,1H3;1H2/t23-;/m0./s1. The molecule has 10 heteroatoms. The molecule has 5 rings (SSSR count). The van der Waals surface area contributed by atoms with Crippen LogP contribution in [0, 0.1) is 5.82 Å². The third-order valence-electron chi connectivity index (χ3n) is 7.18. The topological polar surface area (TPSA) is 78.5 Å². The van der Waals surface area contributed by atoms with E-state index in [1.165, 1.54) is 55.8 Å². The Balaban J connectivity index is 0.00000304. The maximum absolute atomic E-state index is 13.5. The number of amides is 1. The Labute approximate surface area is 221 Å². The predicted octanol–water partition coefficient (Wildman–Crippen LogP) is 5.65. The van der Waals surface area contributed by atoms with Crippen LogP contribution >= 0.6 is 24.8 Å². The number of rotatable bonds is 6. The van der Waals surface area contributed by atoms with Crippen molar-refractivity contribution in [3.63, 3.8) is 0 Å². The lowest BCUT2D eigenvalue weighted by Crippen LogP contribution is -2.48. The van der Waals surface area contributed by atoms with E-state index in [1.54, 1.807) is 22.5 Å². The van der Waals surface area contributed by atoms with Gasteiger partial charge in [-0.25, -0.2) is 14.2 Å². The highest BCUT2D eigenvalue weighted by molar-refractivity contribution is 7.59. The Morgan fingerprint density at radius 1 is 1.19 bits per heavy atom. The summed E-state index contributed by atoms with van der Waals surface area (Å²) >= 11 is 1.23. The van der Waals surface area contributed by atoms with E-state index < -0.39 is 6.10 Å². The molecule has 1 amide bonds. The van der Waals surface area contributed by atoms with E-state index in [0.29, 0.717) is 52.7 Å². The van der Waals surface area contributed by atoms with Gasteiger partial charge in [0, 0.05) is 41.6 Å². The minimum absolute atomic E-state index is 0. The first-order valence-electron chi connectivity index (χ1n) is 12.5. The number of ether oxygens (including phenoxy) is 1. The molecule has 194 valence electrons. The summed E-state index contributed by atoms with van der Waals surface area (Å²) in [4.78, 5) is 37.8. The average molecular weight is 533 g/mol. The highest BCUT2D eigenvalue weighted by Crippen LogP contribution is 2.28. The van der Waals surface area contributed by atoms with Gasteiger partial charge in [-0.3, -0.25) is 4.79 Å². The maximum Gasteiger partial charge on any atom is 0.410 e. The van der Waals surface area contributed by atoms with Crippen LogP contribution in [-0.2, 0) is 4.74 Å². The molecular formula is C26H33FN4O3S2. The molecule has 0 bridgehead atoms. The first-order valence-corrected chi connectivity index (χ1v) is 13.4. The van der Waals surface area contributed by atoms with Crippen LogP contribution in [0.5, 0.6) is 0 Å². The molecule has 0 saturated carbocycles. The summed E-state index contributed by atoms with van der Waals surface area (Å²) in [5.41, 5.74) is 1.60. The second-order valence-corrected chi connectivity index (χ2v) is 10.3. The Morgan fingerprint density at radius 3 is 2.67 bits per heavy atom. The zero-order chi connectivity index (χ0) is 24.4. The van der Waals surface area contributed by atoms with Crippen LogP contribution in [-0.4, -0.2) is 63.9 Å². The number of halogens is 1. The number of likely N-dealkylation sites (tertiary alicyclic amines) is 2. The molecule has 1 aromatic carbocycles. The van der Waals surface area contributed by atoms with Crippen molar-refractivity contribution in [2.75, 3.05) is 26.2 Å². The van der Waals surface area contributed by atoms with Crippen LogP contribution in [0.4, 0.5) is 9.18 Å². The summed E-state index contributed by atoms with van der Waals surface area (Å²) in [5.74, 6) is -0.599. The van der Waals surface area contributed by atoms with Crippen LogP contribution in [0.1, 0.15) is 72.6 Å². The highest BCUT2D eigenvalue weighted by atomic mass is 32.1. The van der Waals surface area contributed by atoms with E-state index in [0.717, 1.165) is 12.8 Å². The number of benzene rings is 1. The zero-order valence-electron chi connectivity index (χ0n) is 20.5. The van der Waals surface area contributed by atoms with Gasteiger partial charge in [0.25, 0.3) is 0 Å². The lowest BCUT2D eigenvalue weighted by molar-refractivity contribution is 0.0392. The Bertz CT molecular complexity index is 1200. The normalized spacial score (nSPS) is 18.1. The number of carbonyl (C=O) groups excluding carboxylic acids is 2. The fourth-order valence-electron chi connectivity index (χ4n) is 5.19. The Hall–Kier alpha value is -2.43. The lowest BCUT2D eigenvalue weighted by atomic mass is 10.0. The highest BCUT2D eigenvalue weighted by Gasteiger charge is 2.30. The average Bonchev–Trinajstić information content (AvgIpc) is 3.55. The molecule has 2 aliphatic heterocycles. The monoisotopic (exact) mass is 532 g/mol. The number of thiazole rings is 1. The number of H-pyrrole nitrogens is 1. The van der Waals surface area contributed by atoms with Gasteiger partial charge < -0.3 is 19.5 Å². The molecule has 2 saturated heterocycles. The van der Waals surface area contributed by atoms with Crippen molar-refractivity contribution in [3.05, 3.63) is 51.9 Å². The Morgan fingerprint density at radius 2 is 1.94 bits per heavy atom. The van der Waals surface area contributed by atoms with Crippen LogP contribution in [0.2, 0.25) is 0 Å². The molecule has 1 atom stereocenters. The van der Waals surface area contributed by atoms with Crippen molar-refractivity contribution in [2.24, 2.45) is 0 Å². The van der Waals surface area contributed by atoms with Gasteiger partial charge in [0.15, 0.2) is 5.01 Å². The predicted molar refractivity (Wildman–Crippen MR) is 144 cm³/mol. The summed E-state index contributed by atoms with van der Waals surface area (Å²) in [6.45, 7) is 5.70. The second-order valence-electron chi connectivity index (χ2n) is 9.39. The molecule has 4 heterocycles. The van der Waals surface area contributed by atoms with Gasteiger partial charge >= 0.3 is 6.09 Å². The molecule has 2 fully saturated rings. The fourth-order valence-corrected chi connectivity index (χ4v) is 6.00. The zero-order valence-corrected chi connectivity index (χ0v) is 22.3. The van der Waals surface area contributed by atoms with E-state index in [1.807, 2.05) is 6.92 Å². The van der Waals surface area contributed by atoms with E-state index in [9.17, 15) is 14.0 Å². The molecular weight excluding hydrogens is 499 g/mol. The number of aromatic nitrogens is 2. The minimum Gasteiger partial charge on any atom is -0.440 e. The number of nitrogens with one attached hydrogen (secondary N) is 1. The molecule has 3 aromatic rings. The summed E-state index contributed by atoms with van der Waals surface area (Å²) < 4.78 is 19.3. The van der Waals surface area contributed by atoms with Crippen molar-refractivity contribution in [2.45, 2.75) is 57.6 Å². The van der Waals surface area contributed by atoms with Gasteiger partial charge in [-0.05, 0) is 63.4 Å². The van der Waals surface area contributed by atoms with Crippen molar-refractivity contribution in [3.8, 4) is 0 Å². The van der Waals surface area contributed by atoms with Crippen molar-refractivity contribution in [1.82, 2.24) is 19.8 Å². The number of piperidine rings is 2. The first-order chi connectivity index (χ1) is 17.0. The molecule has 1 N–H and O–H groups in total. The number of carbonyl (C=O) groups is 2. The largest absolute Gasteiger partial charge is 0.440 e. The number of aromatic amines is 1. The molecule has 0 radical (unpaired) electrons. The SMILES string of the molecule is CC[C@H](OC(=O)N1CCC(N2CCCCC2)CC1)c1csc(C(=O)c2c[nH]c3cc(F)ccc23)n1.S. The van der Waals surface area contributed by atoms with Gasteiger partial charge in [0.1, 0.15) is 11.9 Å². The van der Waals surface area contributed by atoms with E-state index in [2.05, 4.69) is 14.9 Å². The minimum atomic E-state index is -0.503. The van der Waals surface area contributed by atoms with Gasteiger partial charge in [-0.15, -0.1) is 11.3 Å². The molecule has 2 aromatic heterocycles. The quantitative estimate of drug-likeness (QED) is 0.416. The molecule has 0 spiro atoms. The van der Waals surface area contributed by atoms with Gasteiger partial charge in [0.05, 0.1) is 11.3 Å². The van der Waals surface area contributed by atoms with E-state index >= 15 is 0 Å². The van der Waals surface area contributed by atoms with Crippen molar-refractivity contribution < 1.29 is 18.7 Å². The molecule has 0 unspecified atom stereocenters. The number of hydrogen-bond donors (Lipinski definition) is 1. The summed E-state index contributed by atoms with van der Waals surface area (Å²) in [7, 11) is 0. The second kappa shape index (κ2) is 11.7. The summed E-state index contributed by atoms with van der Waals surface area (Å²) in [5, 5.41) is 2.76. The van der Waals surface area contributed by atoms with Crippen LogP contribution < -0.4 is 0 Å². The van der Waals surface area contributed by atoms with Crippen LogP contribution in [0.3, 0.4) is 0 Å². The van der Waals surface area contributed by atoms with Crippen LogP contribution in [0.15, 0.2) is 29.8 Å². The number of nitrogens with zero attached hydrogens (tertiary/aromatic N) is 3. The number of fused-ring (bicyclic) bond motifs is 1. The molecule has 0 aliphatic carbocycles. The molecule has 2 aliphatic rings. The van der Waals surface area contributed by atoms with Gasteiger partial charge in [-0.2, -0.15) is 13.5 Å². The van der Waals surface area contributed by atoms with Gasteiger partial charge in [0.2, 0.25) is 5.78 Å². The lowest BCUT2D eigenvalue weighted by Gasteiger charge is -2.40. The first kappa shape index (κ1) is 26.6. The number of hydrogen-bond acceptors (Lipinski definition) is 6. The maximum atomic E-state index is 13.5. The fraction of sp³-hybridized carbons (Fsp3) is 0.500. The Kier molecular flexibility index (Phi) is 8.69. The summed E-state index contributed by atoms with van der Waals surface area (Å²) in [6, 6.07) is 4.85. The van der Waals surface area contributed by atoms with E-state index in [-0.39, 0.29) is 31.2 Å². The summed E-state index contributed by atoms with van der Waals surface area (Å²) in [6.07, 6.45) is 7.18. The number of ketones is 1. The third kappa shape index (κ3) is 5.60. The van der Waals surface area contributed by atoms with Crippen molar-refractivity contribution in [1.29, 1.82) is 0 Å².